The predicted molar refractivity (Wildman–Crippen MR) is 86.7 cm³/mol. The van der Waals surface area contributed by atoms with Gasteiger partial charge >= 0.3 is 0 Å². The molecule has 1 fully saturated rings. The number of rotatable bonds is 6. The third-order valence-electron chi connectivity index (χ3n) is 4.38. The van der Waals surface area contributed by atoms with Crippen molar-refractivity contribution in [1.29, 1.82) is 0 Å². The van der Waals surface area contributed by atoms with Crippen LogP contribution in [0.4, 0.5) is 11.4 Å². The summed E-state index contributed by atoms with van der Waals surface area (Å²) in [6, 6.07) is 6.66. The van der Waals surface area contributed by atoms with Crippen LogP contribution >= 0.6 is 0 Å². The lowest BCUT2D eigenvalue weighted by Crippen LogP contribution is -2.32. The van der Waals surface area contributed by atoms with E-state index < -0.39 is 0 Å². The van der Waals surface area contributed by atoms with E-state index in [0.717, 1.165) is 30.3 Å². The molecule has 0 spiro atoms. The van der Waals surface area contributed by atoms with Crippen LogP contribution in [0.15, 0.2) is 18.2 Å². The first-order chi connectivity index (χ1) is 10.1. The van der Waals surface area contributed by atoms with Crippen LogP contribution in [0.5, 0.6) is 0 Å². The fourth-order valence-electron chi connectivity index (χ4n) is 3.03. The average Bonchev–Trinajstić information content (AvgIpc) is 3.21. The van der Waals surface area contributed by atoms with Crippen molar-refractivity contribution in [3.8, 4) is 0 Å². The van der Waals surface area contributed by atoms with E-state index in [4.69, 9.17) is 0 Å². The van der Waals surface area contributed by atoms with E-state index in [2.05, 4.69) is 47.6 Å². The summed E-state index contributed by atoms with van der Waals surface area (Å²) in [5.74, 6) is 0.909. The molecule has 2 aliphatic rings. The largest absolute Gasteiger partial charge is 0.369 e. The molecule has 4 nitrogen and oxygen atoms in total. The number of likely N-dealkylation sites (N-methyl/N-ethyl adjacent to an activating group) is 1. The highest BCUT2D eigenvalue weighted by Crippen LogP contribution is 2.37. The van der Waals surface area contributed by atoms with E-state index in [1.54, 1.807) is 0 Å². The molecule has 1 aliphatic carbocycles. The Labute approximate surface area is 126 Å². The lowest BCUT2D eigenvalue weighted by molar-refractivity contribution is -0.117. The van der Waals surface area contributed by atoms with Gasteiger partial charge in [-0.1, -0.05) is 13.0 Å². The summed E-state index contributed by atoms with van der Waals surface area (Å²) in [6.45, 7) is 8.40. The van der Waals surface area contributed by atoms with Gasteiger partial charge in [0, 0.05) is 29.5 Å². The SMILES string of the molecule is CCNC1C(=O)Nc2cc(N(CC3CC3)C(C)C)ccc21. The fraction of sp³-hybridized carbons (Fsp3) is 0.588. The summed E-state index contributed by atoms with van der Waals surface area (Å²) < 4.78 is 0. The maximum absolute atomic E-state index is 12.0. The van der Waals surface area contributed by atoms with Crippen molar-refractivity contribution in [3.05, 3.63) is 23.8 Å². The van der Waals surface area contributed by atoms with Gasteiger partial charge in [0.05, 0.1) is 0 Å². The number of hydrogen-bond donors (Lipinski definition) is 2. The minimum Gasteiger partial charge on any atom is -0.369 e. The van der Waals surface area contributed by atoms with E-state index in [-0.39, 0.29) is 11.9 Å². The third-order valence-corrected chi connectivity index (χ3v) is 4.38. The molecule has 1 amide bonds. The highest BCUT2D eigenvalue weighted by Gasteiger charge is 2.31. The molecule has 1 saturated carbocycles. The van der Waals surface area contributed by atoms with Crippen LogP contribution in [-0.4, -0.2) is 25.0 Å². The second kappa shape index (κ2) is 5.68. The van der Waals surface area contributed by atoms with Gasteiger partial charge in [-0.2, -0.15) is 0 Å². The normalized spacial score (nSPS) is 20.6. The number of hydrogen-bond acceptors (Lipinski definition) is 3. The van der Waals surface area contributed by atoms with Crippen molar-refractivity contribution in [3.63, 3.8) is 0 Å². The Morgan fingerprint density at radius 1 is 1.38 bits per heavy atom. The molecular weight excluding hydrogens is 262 g/mol. The molecule has 114 valence electrons. The van der Waals surface area contributed by atoms with Gasteiger partial charge in [0.1, 0.15) is 6.04 Å². The van der Waals surface area contributed by atoms with E-state index in [9.17, 15) is 4.79 Å². The predicted octanol–water partition coefficient (Wildman–Crippen LogP) is 2.91. The lowest BCUT2D eigenvalue weighted by atomic mass is 10.1. The van der Waals surface area contributed by atoms with E-state index in [0.29, 0.717) is 6.04 Å². The molecule has 1 aromatic rings. The molecule has 1 unspecified atom stereocenters. The molecule has 1 aromatic carbocycles. The highest BCUT2D eigenvalue weighted by molar-refractivity contribution is 6.03. The summed E-state index contributed by atoms with van der Waals surface area (Å²) in [5, 5.41) is 6.25. The lowest BCUT2D eigenvalue weighted by Gasteiger charge is -2.29. The van der Waals surface area contributed by atoms with Crippen LogP contribution in [0.2, 0.25) is 0 Å². The quantitative estimate of drug-likeness (QED) is 0.845. The Morgan fingerprint density at radius 3 is 2.76 bits per heavy atom. The molecule has 0 radical (unpaired) electrons. The number of nitrogens with one attached hydrogen (secondary N) is 2. The zero-order chi connectivity index (χ0) is 15.0. The molecule has 0 aromatic heterocycles. The third kappa shape index (κ3) is 2.91. The molecule has 4 heteroatoms. The molecular formula is C17H25N3O. The molecule has 3 rings (SSSR count). The summed E-state index contributed by atoms with van der Waals surface area (Å²) in [6.07, 6.45) is 2.71. The fourth-order valence-corrected chi connectivity index (χ4v) is 3.03. The van der Waals surface area contributed by atoms with Crippen LogP contribution in [0.3, 0.4) is 0 Å². The van der Waals surface area contributed by atoms with Gasteiger partial charge in [0.2, 0.25) is 5.91 Å². The summed E-state index contributed by atoms with van der Waals surface area (Å²) in [4.78, 5) is 14.5. The number of carbonyl (C=O) groups excluding carboxylic acids is 1. The van der Waals surface area contributed by atoms with Gasteiger partial charge < -0.3 is 15.5 Å². The van der Waals surface area contributed by atoms with Crippen LogP contribution in [0.1, 0.15) is 45.2 Å². The summed E-state index contributed by atoms with van der Waals surface area (Å²) in [7, 11) is 0. The monoisotopic (exact) mass is 287 g/mol. The molecule has 0 bridgehead atoms. The van der Waals surface area contributed by atoms with Gasteiger partial charge in [0.25, 0.3) is 0 Å². The number of carbonyl (C=O) groups is 1. The van der Waals surface area contributed by atoms with Gasteiger partial charge in [-0.25, -0.2) is 0 Å². The second-order valence-corrected chi connectivity index (χ2v) is 6.44. The van der Waals surface area contributed by atoms with E-state index >= 15 is 0 Å². The number of benzene rings is 1. The molecule has 1 aliphatic heterocycles. The van der Waals surface area contributed by atoms with Crippen molar-refractivity contribution in [2.75, 3.05) is 23.3 Å². The smallest absolute Gasteiger partial charge is 0.246 e. The number of fused-ring (bicyclic) bond motifs is 1. The maximum Gasteiger partial charge on any atom is 0.246 e. The molecule has 0 saturated heterocycles. The van der Waals surface area contributed by atoms with Crippen molar-refractivity contribution in [2.24, 2.45) is 5.92 Å². The van der Waals surface area contributed by atoms with Crippen LogP contribution in [0, 0.1) is 5.92 Å². The average molecular weight is 287 g/mol. The van der Waals surface area contributed by atoms with Crippen LogP contribution < -0.4 is 15.5 Å². The first-order valence-electron chi connectivity index (χ1n) is 8.05. The van der Waals surface area contributed by atoms with E-state index in [1.165, 1.54) is 18.5 Å². The van der Waals surface area contributed by atoms with E-state index in [1.807, 2.05) is 6.92 Å². The van der Waals surface area contributed by atoms with Gasteiger partial charge in [-0.3, -0.25) is 4.79 Å². The first kappa shape index (κ1) is 14.4. The Hall–Kier alpha value is -1.55. The minimum absolute atomic E-state index is 0.0577. The number of amides is 1. The Morgan fingerprint density at radius 2 is 2.14 bits per heavy atom. The molecule has 1 heterocycles. The minimum atomic E-state index is -0.199. The van der Waals surface area contributed by atoms with Crippen molar-refractivity contribution >= 4 is 17.3 Å². The number of anilines is 2. The van der Waals surface area contributed by atoms with Crippen molar-refractivity contribution in [1.82, 2.24) is 5.32 Å². The second-order valence-electron chi connectivity index (χ2n) is 6.44. The molecule has 1 atom stereocenters. The van der Waals surface area contributed by atoms with Gasteiger partial charge in [-0.15, -0.1) is 0 Å². The highest BCUT2D eigenvalue weighted by atomic mass is 16.2. The van der Waals surface area contributed by atoms with Gasteiger partial charge in [0.15, 0.2) is 0 Å². The van der Waals surface area contributed by atoms with Crippen molar-refractivity contribution in [2.45, 2.75) is 45.7 Å². The Kier molecular flexibility index (Phi) is 3.89. The molecule has 2 N–H and O–H groups in total. The zero-order valence-corrected chi connectivity index (χ0v) is 13.1. The van der Waals surface area contributed by atoms with Crippen molar-refractivity contribution < 1.29 is 4.79 Å². The first-order valence-corrected chi connectivity index (χ1v) is 8.05. The Balaban J connectivity index is 1.85. The maximum atomic E-state index is 12.0. The van der Waals surface area contributed by atoms with Gasteiger partial charge in [-0.05, 0) is 51.3 Å². The van der Waals surface area contributed by atoms with Crippen LogP contribution in [0.25, 0.3) is 0 Å². The number of nitrogens with zero attached hydrogens (tertiary/aromatic N) is 1. The summed E-state index contributed by atoms with van der Waals surface area (Å²) in [5.41, 5.74) is 3.25. The zero-order valence-electron chi connectivity index (χ0n) is 13.1. The van der Waals surface area contributed by atoms with Crippen LogP contribution in [-0.2, 0) is 4.79 Å². The molecule has 21 heavy (non-hydrogen) atoms. The Bertz CT molecular complexity index is 537. The summed E-state index contributed by atoms with van der Waals surface area (Å²) >= 11 is 0. The standard InChI is InChI=1S/C17H25N3O/c1-4-18-16-14-8-7-13(9-15(14)19-17(16)21)20(11(2)3)10-12-5-6-12/h7-9,11-12,16,18H,4-6,10H2,1-3H3,(H,19,21). The topological polar surface area (TPSA) is 44.4 Å².